The fourth-order valence-electron chi connectivity index (χ4n) is 2.35. The van der Waals surface area contributed by atoms with Crippen molar-refractivity contribution < 1.29 is 13.9 Å². The number of amides is 1. The highest BCUT2D eigenvalue weighted by Crippen LogP contribution is 2.16. The molecular weight excluding hydrogens is 271 g/mol. The predicted octanol–water partition coefficient (Wildman–Crippen LogP) is 1.83. The molecule has 5 heteroatoms. The number of rotatable bonds is 7. The Balaban J connectivity index is 1.58. The van der Waals surface area contributed by atoms with Crippen molar-refractivity contribution in [1.29, 1.82) is 0 Å². The smallest absolute Gasteiger partial charge is 0.254 e. The van der Waals surface area contributed by atoms with Crippen LogP contribution < -0.4 is 15.4 Å². The lowest BCUT2D eigenvalue weighted by molar-refractivity contribution is -0.127. The Morgan fingerprint density at radius 1 is 1.48 bits per heavy atom. The Morgan fingerprint density at radius 2 is 2.24 bits per heavy atom. The number of ether oxygens (including phenoxy) is 1. The van der Waals surface area contributed by atoms with Crippen molar-refractivity contribution in [3.8, 4) is 5.75 Å². The first kappa shape index (κ1) is 15.8. The summed E-state index contributed by atoms with van der Waals surface area (Å²) in [5, 5.41) is 5.70. The molecule has 0 saturated carbocycles. The summed E-state index contributed by atoms with van der Waals surface area (Å²) in [4.78, 5) is 11.6. The molecule has 0 aliphatic carbocycles. The van der Waals surface area contributed by atoms with E-state index >= 15 is 0 Å². The van der Waals surface area contributed by atoms with Gasteiger partial charge in [-0.1, -0.05) is 17.7 Å². The van der Waals surface area contributed by atoms with E-state index in [1.807, 2.05) is 31.2 Å². The average molecular weight is 294 g/mol. The van der Waals surface area contributed by atoms with E-state index < -0.39 is 12.1 Å². The monoisotopic (exact) mass is 294 g/mol. The van der Waals surface area contributed by atoms with Gasteiger partial charge in [0.25, 0.3) is 5.91 Å². The fourth-order valence-corrected chi connectivity index (χ4v) is 2.35. The van der Waals surface area contributed by atoms with Gasteiger partial charge >= 0.3 is 0 Å². The maximum atomic E-state index is 13.8. The summed E-state index contributed by atoms with van der Waals surface area (Å²) in [6, 6.07) is 7.80. The summed E-state index contributed by atoms with van der Waals surface area (Å²) in [7, 11) is 0. The number of hydrogen-bond acceptors (Lipinski definition) is 3. The highest BCUT2D eigenvalue weighted by Gasteiger charge is 2.29. The van der Waals surface area contributed by atoms with Gasteiger partial charge in [-0.15, -0.1) is 0 Å². The first-order valence-electron chi connectivity index (χ1n) is 7.49. The number of aryl methyl sites for hydroxylation is 1. The van der Waals surface area contributed by atoms with E-state index in [9.17, 15) is 9.18 Å². The number of halogens is 1. The van der Waals surface area contributed by atoms with Gasteiger partial charge < -0.3 is 15.4 Å². The van der Waals surface area contributed by atoms with Gasteiger partial charge in [-0.25, -0.2) is 4.39 Å². The van der Waals surface area contributed by atoms with Crippen LogP contribution in [0, 0.1) is 12.8 Å². The van der Waals surface area contributed by atoms with Crippen molar-refractivity contribution in [3.05, 3.63) is 29.8 Å². The molecule has 1 aliphatic rings. The molecule has 1 aliphatic heterocycles. The van der Waals surface area contributed by atoms with Crippen LogP contribution in [0.2, 0.25) is 0 Å². The molecule has 1 heterocycles. The maximum Gasteiger partial charge on any atom is 0.254 e. The van der Waals surface area contributed by atoms with Gasteiger partial charge in [0, 0.05) is 19.0 Å². The zero-order valence-electron chi connectivity index (χ0n) is 12.4. The zero-order chi connectivity index (χ0) is 15.1. The van der Waals surface area contributed by atoms with Crippen molar-refractivity contribution in [1.82, 2.24) is 10.6 Å². The van der Waals surface area contributed by atoms with E-state index in [4.69, 9.17) is 4.74 Å². The first-order valence-corrected chi connectivity index (χ1v) is 7.49. The lowest BCUT2D eigenvalue weighted by Crippen LogP contribution is -2.38. The number of nitrogens with one attached hydrogen (secondary N) is 2. The third-order valence-electron chi connectivity index (χ3n) is 3.67. The summed E-state index contributed by atoms with van der Waals surface area (Å²) in [5.41, 5.74) is 1.19. The minimum Gasteiger partial charge on any atom is -0.494 e. The second-order valence-corrected chi connectivity index (χ2v) is 5.46. The average Bonchev–Trinajstić information content (AvgIpc) is 3.02. The molecule has 2 atom stereocenters. The van der Waals surface area contributed by atoms with Gasteiger partial charge in [0.15, 0.2) is 6.17 Å². The van der Waals surface area contributed by atoms with Gasteiger partial charge in [-0.05, 0) is 38.4 Å². The van der Waals surface area contributed by atoms with E-state index in [0.717, 1.165) is 18.7 Å². The van der Waals surface area contributed by atoms with Gasteiger partial charge in [0.1, 0.15) is 5.75 Å². The van der Waals surface area contributed by atoms with Crippen molar-refractivity contribution in [2.24, 2.45) is 5.92 Å². The summed E-state index contributed by atoms with van der Waals surface area (Å²) in [5.74, 6) is 0.125. The second kappa shape index (κ2) is 7.98. The second-order valence-electron chi connectivity index (χ2n) is 5.46. The molecule has 4 nitrogen and oxygen atoms in total. The molecule has 1 aromatic carbocycles. The number of alkyl halides is 1. The van der Waals surface area contributed by atoms with Crippen LogP contribution in [0.5, 0.6) is 5.75 Å². The largest absolute Gasteiger partial charge is 0.494 e. The van der Waals surface area contributed by atoms with Crippen molar-refractivity contribution in [2.75, 3.05) is 26.2 Å². The Bertz CT molecular complexity index is 444. The van der Waals surface area contributed by atoms with E-state index in [1.165, 1.54) is 5.56 Å². The maximum absolute atomic E-state index is 13.8. The SMILES string of the molecule is Cc1ccc(OCCCNC(=O)C(F)C2CCNC2)cc1. The minimum atomic E-state index is -1.40. The van der Waals surface area contributed by atoms with Gasteiger partial charge in [0.05, 0.1) is 6.61 Å². The van der Waals surface area contributed by atoms with Gasteiger partial charge in [-0.3, -0.25) is 4.79 Å². The van der Waals surface area contributed by atoms with Crippen LogP contribution in [-0.2, 0) is 4.79 Å². The summed E-state index contributed by atoms with van der Waals surface area (Å²) >= 11 is 0. The highest BCUT2D eigenvalue weighted by molar-refractivity contribution is 5.80. The molecule has 2 N–H and O–H groups in total. The summed E-state index contributed by atoms with van der Waals surface area (Å²) in [6.07, 6.45) is -0.0154. The Labute approximate surface area is 125 Å². The lowest BCUT2D eigenvalue weighted by Gasteiger charge is -2.14. The number of carbonyl (C=O) groups excluding carboxylic acids is 1. The number of hydrogen-bond donors (Lipinski definition) is 2. The third-order valence-corrected chi connectivity index (χ3v) is 3.67. The van der Waals surface area contributed by atoms with Crippen LogP contribution in [-0.4, -0.2) is 38.3 Å². The Hall–Kier alpha value is -1.62. The van der Waals surface area contributed by atoms with Crippen molar-refractivity contribution in [2.45, 2.75) is 25.9 Å². The third kappa shape index (κ3) is 5.01. The topological polar surface area (TPSA) is 50.4 Å². The van der Waals surface area contributed by atoms with E-state index in [2.05, 4.69) is 10.6 Å². The number of carbonyl (C=O) groups is 1. The van der Waals surface area contributed by atoms with Gasteiger partial charge in [0.2, 0.25) is 0 Å². The molecule has 1 amide bonds. The summed E-state index contributed by atoms with van der Waals surface area (Å²) < 4.78 is 19.4. The molecule has 2 unspecified atom stereocenters. The molecule has 21 heavy (non-hydrogen) atoms. The van der Waals surface area contributed by atoms with E-state index in [-0.39, 0.29) is 5.92 Å². The quantitative estimate of drug-likeness (QED) is 0.754. The van der Waals surface area contributed by atoms with Crippen LogP contribution in [0.15, 0.2) is 24.3 Å². The molecular formula is C16H23FN2O2. The van der Waals surface area contributed by atoms with Crippen LogP contribution in [0.3, 0.4) is 0 Å². The minimum absolute atomic E-state index is 0.186. The van der Waals surface area contributed by atoms with Crippen LogP contribution in [0.25, 0.3) is 0 Å². The Kier molecular flexibility index (Phi) is 5.99. The molecule has 0 aromatic heterocycles. The molecule has 0 radical (unpaired) electrons. The number of benzene rings is 1. The molecule has 1 fully saturated rings. The molecule has 0 bridgehead atoms. The molecule has 2 rings (SSSR count). The van der Waals surface area contributed by atoms with Gasteiger partial charge in [-0.2, -0.15) is 0 Å². The van der Waals surface area contributed by atoms with Crippen molar-refractivity contribution >= 4 is 5.91 Å². The van der Waals surface area contributed by atoms with Crippen LogP contribution in [0.1, 0.15) is 18.4 Å². The predicted molar refractivity (Wildman–Crippen MR) is 80.2 cm³/mol. The fraction of sp³-hybridized carbons (Fsp3) is 0.562. The molecule has 116 valence electrons. The van der Waals surface area contributed by atoms with E-state index in [0.29, 0.717) is 26.1 Å². The molecule has 1 saturated heterocycles. The normalized spacial score (nSPS) is 19.2. The van der Waals surface area contributed by atoms with Crippen LogP contribution >= 0.6 is 0 Å². The standard InChI is InChI=1S/C16H23FN2O2/c1-12-3-5-14(6-4-12)21-10-2-8-19-16(20)15(17)13-7-9-18-11-13/h3-6,13,15,18H,2,7-11H2,1H3,(H,19,20). The molecule has 0 spiro atoms. The Morgan fingerprint density at radius 3 is 2.90 bits per heavy atom. The van der Waals surface area contributed by atoms with E-state index in [1.54, 1.807) is 0 Å². The summed E-state index contributed by atoms with van der Waals surface area (Å²) in [6.45, 7) is 4.34. The zero-order valence-corrected chi connectivity index (χ0v) is 12.4. The first-order chi connectivity index (χ1) is 10.2. The van der Waals surface area contributed by atoms with Crippen LogP contribution in [0.4, 0.5) is 4.39 Å². The van der Waals surface area contributed by atoms with Crippen molar-refractivity contribution in [3.63, 3.8) is 0 Å². The molecule has 1 aromatic rings. The highest BCUT2D eigenvalue weighted by atomic mass is 19.1. The lowest BCUT2D eigenvalue weighted by atomic mass is 10.0.